The summed E-state index contributed by atoms with van der Waals surface area (Å²) in [5.74, 6) is 1.72. The molecule has 3 nitrogen and oxygen atoms in total. The van der Waals surface area contributed by atoms with Crippen LogP contribution in [-0.2, 0) is 9.59 Å². The van der Waals surface area contributed by atoms with E-state index in [1.165, 1.54) is 12.8 Å². The van der Waals surface area contributed by atoms with Gasteiger partial charge in [-0.3, -0.25) is 9.59 Å². The van der Waals surface area contributed by atoms with E-state index in [2.05, 4.69) is 0 Å². The van der Waals surface area contributed by atoms with Crippen molar-refractivity contribution >= 4 is 17.4 Å². The van der Waals surface area contributed by atoms with E-state index < -0.39 is 0 Å². The zero-order valence-electron chi connectivity index (χ0n) is 12.9. The highest BCUT2D eigenvalue weighted by atomic mass is 16.2. The van der Waals surface area contributed by atoms with E-state index in [1.54, 1.807) is 0 Å². The fraction of sp³-hybridized carbons (Fsp3) is 0.579. The third kappa shape index (κ3) is 2.57. The zero-order valence-corrected chi connectivity index (χ0v) is 12.9. The third-order valence-corrected chi connectivity index (χ3v) is 5.63. The molecule has 2 unspecified atom stereocenters. The number of carbonyl (C=O) groups excluding carboxylic acids is 2. The van der Waals surface area contributed by atoms with Crippen LogP contribution in [0, 0.1) is 23.7 Å². The van der Waals surface area contributed by atoms with Crippen molar-refractivity contribution in [3.63, 3.8) is 0 Å². The molecule has 0 radical (unpaired) electrons. The Kier molecular flexibility index (Phi) is 3.51. The minimum Gasteiger partial charge on any atom is -0.312 e. The van der Waals surface area contributed by atoms with E-state index in [-0.39, 0.29) is 23.7 Å². The molecule has 22 heavy (non-hydrogen) atoms. The van der Waals surface area contributed by atoms with Crippen molar-refractivity contribution in [1.82, 2.24) is 0 Å². The molecule has 3 aliphatic carbocycles. The maximum atomic E-state index is 13.1. The molecule has 1 amide bonds. The Bertz CT molecular complexity index is 562. The molecule has 3 fully saturated rings. The number of amides is 1. The van der Waals surface area contributed by atoms with Crippen LogP contribution in [0.25, 0.3) is 0 Å². The summed E-state index contributed by atoms with van der Waals surface area (Å²) < 4.78 is 0. The molecule has 2 atom stereocenters. The molecular formula is C19H23NO2. The molecule has 116 valence electrons. The predicted octanol–water partition coefficient (Wildman–Crippen LogP) is 3.43. The lowest BCUT2D eigenvalue weighted by Gasteiger charge is -2.31. The number of ketones is 1. The normalized spacial score (nSPS) is 30.4. The second-order valence-corrected chi connectivity index (χ2v) is 7.27. The van der Waals surface area contributed by atoms with E-state index in [1.807, 2.05) is 35.2 Å². The van der Waals surface area contributed by atoms with Crippen molar-refractivity contribution in [2.24, 2.45) is 23.7 Å². The number of rotatable bonds is 4. The molecule has 1 aromatic carbocycles. The molecule has 0 saturated heterocycles. The minimum atomic E-state index is 0.0501. The number of anilines is 1. The van der Waals surface area contributed by atoms with Crippen molar-refractivity contribution in [2.45, 2.75) is 38.5 Å². The van der Waals surface area contributed by atoms with Gasteiger partial charge in [-0.15, -0.1) is 0 Å². The lowest BCUT2D eigenvalue weighted by molar-refractivity contribution is -0.131. The molecular weight excluding hydrogens is 274 g/mol. The Balaban J connectivity index is 1.54. The van der Waals surface area contributed by atoms with Gasteiger partial charge in [0.2, 0.25) is 5.91 Å². The van der Waals surface area contributed by atoms with Crippen LogP contribution in [0.4, 0.5) is 5.69 Å². The lowest BCUT2D eigenvalue weighted by atomic mass is 9.79. The molecule has 0 N–H and O–H groups in total. The second kappa shape index (κ2) is 5.53. The lowest BCUT2D eigenvalue weighted by Crippen LogP contribution is -2.41. The Hall–Kier alpha value is -1.64. The number of carbonyl (C=O) groups is 2. The van der Waals surface area contributed by atoms with Crippen LogP contribution in [0.15, 0.2) is 30.3 Å². The maximum absolute atomic E-state index is 13.1. The van der Waals surface area contributed by atoms with Crippen LogP contribution in [0.2, 0.25) is 0 Å². The third-order valence-electron chi connectivity index (χ3n) is 5.63. The first-order chi connectivity index (χ1) is 10.7. The molecule has 0 spiro atoms. The average Bonchev–Trinajstić information content (AvgIpc) is 3.34. The van der Waals surface area contributed by atoms with Crippen LogP contribution in [-0.4, -0.2) is 18.2 Å². The number of nitrogens with zero attached hydrogens (tertiary/aromatic N) is 1. The summed E-state index contributed by atoms with van der Waals surface area (Å²) in [6.07, 6.45) is 6.04. The van der Waals surface area contributed by atoms with Crippen LogP contribution in [0.3, 0.4) is 0 Å². The molecule has 3 aliphatic rings. The molecule has 3 heteroatoms. The molecule has 4 rings (SSSR count). The largest absolute Gasteiger partial charge is 0.312 e. The zero-order chi connectivity index (χ0) is 15.1. The van der Waals surface area contributed by atoms with Gasteiger partial charge >= 0.3 is 0 Å². The molecule has 3 saturated carbocycles. The fourth-order valence-corrected chi connectivity index (χ4v) is 4.18. The monoisotopic (exact) mass is 297 g/mol. The van der Waals surface area contributed by atoms with Gasteiger partial charge in [0.25, 0.3) is 0 Å². The summed E-state index contributed by atoms with van der Waals surface area (Å²) in [4.78, 5) is 27.2. The number of benzene rings is 1. The Labute approximate surface area is 131 Å². The number of Topliss-reactive ketones (excluding diaryl/α,β-unsaturated/α-hetero) is 1. The number of hydrogen-bond acceptors (Lipinski definition) is 2. The molecule has 0 aliphatic heterocycles. The van der Waals surface area contributed by atoms with Crippen LogP contribution >= 0.6 is 0 Å². The first-order valence-corrected chi connectivity index (χ1v) is 8.62. The summed E-state index contributed by atoms with van der Waals surface area (Å²) in [5, 5.41) is 0. The Morgan fingerprint density at radius 1 is 1.00 bits per heavy atom. The summed E-state index contributed by atoms with van der Waals surface area (Å²) >= 11 is 0. The number of hydrogen-bond donors (Lipinski definition) is 0. The number of para-hydroxylation sites is 1. The van der Waals surface area contributed by atoms with Gasteiger partial charge in [-0.25, -0.2) is 0 Å². The van der Waals surface area contributed by atoms with Crippen LogP contribution in [0.5, 0.6) is 0 Å². The minimum absolute atomic E-state index is 0.0501. The van der Waals surface area contributed by atoms with Gasteiger partial charge in [0.05, 0.1) is 0 Å². The van der Waals surface area contributed by atoms with Crippen molar-refractivity contribution in [3.8, 4) is 0 Å². The van der Waals surface area contributed by atoms with E-state index in [9.17, 15) is 9.59 Å². The van der Waals surface area contributed by atoms with Gasteiger partial charge < -0.3 is 4.90 Å². The molecule has 0 heterocycles. The van der Waals surface area contributed by atoms with Gasteiger partial charge in [0, 0.05) is 30.0 Å². The van der Waals surface area contributed by atoms with Gasteiger partial charge in [0.15, 0.2) is 0 Å². The molecule has 2 bridgehead atoms. The molecule has 0 aromatic heterocycles. The maximum Gasteiger partial charge on any atom is 0.230 e. The quantitative estimate of drug-likeness (QED) is 0.854. The summed E-state index contributed by atoms with van der Waals surface area (Å²) in [5.41, 5.74) is 1.02. The van der Waals surface area contributed by atoms with E-state index in [0.717, 1.165) is 37.9 Å². The smallest absolute Gasteiger partial charge is 0.230 e. The van der Waals surface area contributed by atoms with Crippen molar-refractivity contribution in [3.05, 3.63) is 30.3 Å². The highest BCUT2D eigenvalue weighted by Gasteiger charge is 2.45. The summed E-state index contributed by atoms with van der Waals surface area (Å²) in [7, 11) is 0. The summed E-state index contributed by atoms with van der Waals surface area (Å²) in [6, 6.07) is 10.0. The summed E-state index contributed by atoms with van der Waals surface area (Å²) in [6.45, 7) is 0.850. The van der Waals surface area contributed by atoms with Gasteiger partial charge in [0.1, 0.15) is 5.78 Å². The van der Waals surface area contributed by atoms with Gasteiger partial charge in [-0.1, -0.05) is 18.2 Å². The van der Waals surface area contributed by atoms with Crippen molar-refractivity contribution < 1.29 is 9.59 Å². The first-order valence-electron chi connectivity index (χ1n) is 8.62. The predicted molar refractivity (Wildman–Crippen MR) is 85.5 cm³/mol. The highest BCUT2D eigenvalue weighted by molar-refractivity contribution is 5.97. The standard InChI is InChI=1S/C19H23NO2/c21-18-14-8-9-15(18)11-16(10-14)19(22)20(12-13-6-7-13)17-4-2-1-3-5-17/h1-5,13-16H,6-12H2. The van der Waals surface area contributed by atoms with Crippen LogP contribution < -0.4 is 4.90 Å². The van der Waals surface area contributed by atoms with E-state index in [0.29, 0.717) is 11.7 Å². The van der Waals surface area contributed by atoms with Gasteiger partial charge in [-0.05, 0) is 56.6 Å². The average molecular weight is 297 g/mol. The van der Waals surface area contributed by atoms with E-state index >= 15 is 0 Å². The second-order valence-electron chi connectivity index (χ2n) is 7.27. The Morgan fingerprint density at radius 3 is 2.23 bits per heavy atom. The number of fused-ring (bicyclic) bond motifs is 2. The van der Waals surface area contributed by atoms with Crippen molar-refractivity contribution in [1.29, 1.82) is 0 Å². The van der Waals surface area contributed by atoms with Crippen molar-refractivity contribution in [2.75, 3.05) is 11.4 Å². The fourth-order valence-electron chi connectivity index (χ4n) is 4.18. The Morgan fingerprint density at radius 2 is 1.64 bits per heavy atom. The first kappa shape index (κ1) is 14.0. The van der Waals surface area contributed by atoms with Crippen LogP contribution in [0.1, 0.15) is 38.5 Å². The highest BCUT2D eigenvalue weighted by Crippen LogP contribution is 2.43. The van der Waals surface area contributed by atoms with E-state index in [4.69, 9.17) is 0 Å². The topological polar surface area (TPSA) is 37.4 Å². The van der Waals surface area contributed by atoms with Gasteiger partial charge in [-0.2, -0.15) is 0 Å². The molecule has 1 aromatic rings. The SMILES string of the molecule is O=C1C2CCC1CC(C(=O)N(CC1CC1)c1ccccc1)C2.